The van der Waals surface area contributed by atoms with E-state index < -0.39 is 5.41 Å². The zero-order chi connectivity index (χ0) is 27.0. The average molecular weight is 541 g/mol. The first-order valence-electron chi connectivity index (χ1n) is 13.7. The van der Waals surface area contributed by atoms with Gasteiger partial charge in [0.15, 0.2) is 0 Å². The van der Waals surface area contributed by atoms with Gasteiger partial charge in [0.25, 0.3) is 5.91 Å². The minimum atomic E-state index is -0.707. The summed E-state index contributed by atoms with van der Waals surface area (Å²) >= 11 is 6.00. The van der Waals surface area contributed by atoms with E-state index in [1.165, 1.54) is 5.56 Å². The van der Waals surface area contributed by atoms with Crippen molar-refractivity contribution >= 4 is 34.8 Å². The predicted molar refractivity (Wildman–Crippen MR) is 154 cm³/mol. The molecule has 2 saturated heterocycles. The van der Waals surface area contributed by atoms with Gasteiger partial charge < -0.3 is 20.3 Å². The lowest BCUT2D eigenvalue weighted by atomic mass is 9.89. The Morgan fingerprint density at radius 1 is 1.03 bits per heavy atom. The van der Waals surface area contributed by atoms with Crippen LogP contribution in [0.25, 0.3) is 0 Å². The monoisotopic (exact) mass is 540 g/mol. The van der Waals surface area contributed by atoms with Crippen LogP contribution in [0.5, 0.6) is 0 Å². The summed E-state index contributed by atoms with van der Waals surface area (Å²) in [6.45, 7) is 10.0. The number of piperidine rings is 1. The molecule has 7 nitrogen and oxygen atoms in total. The fourth-order valence-corrected chi connectivity index (χ4v) is 5.13. The molecule has 0 radical (unpaired) electrons. The van der Waals surface area contributed by atoms with Crippen LogP contribution in [0.4, 0.5) is 11.4 Å². The van der Waals surface area contributed by atoms with Crippen LogP contribution in [0, 0.1) is 11.3 Å². The highest BCUT2D eigenvalue weighted by Gasteiger charge is 2.28. The Balaban J connectivity index is 1.45. The van der Waals surface area contributed by atoms with Gasteiger partial charge >= 0.3 is 0 Å². The third kappa shape index (κ3) is 7.71. The minimum Gasteiger partial charge on any atom is -0.379 e. The highest BCUT2D eigenvalue weighted by Crippen LogP contribution is 2.31. The Morgan fingerprint density at radius 2 is 1.74 bits per heavy atom. The number of rotatable bonds is 10. The number of benzene rings is 2. The molecule has 2 aliphatic rings. The molecule has 2 aromatic carbocycles. The SMILES string of the molecule is CC(C)(CCl)C(=O)Nc1ccc(N2CCC(Cc3ccccc3)CC2)c(C(=O)NCCN2CCOCC2)c1. The van der Waals surface area contributed by atoms with Crippen molar-refractivity contribution in [2.24, 2.45) is 11.3 Å². The molecule has 0 unspecified atom stereocenters. The van der Waals surface area contributed by atoms with Gasteiger partial charge in [0, 0.05) is 56.5 Å². The summed E-state index contributed by atoms with van der Waals surface area (Å²) in [5, 5.41) is 6.06. The summed E-state index contributed by atoms with van der Waals surface area (Å²) < 4.78 is 5.42. The zero-order valence-corrected chi connectivity index (χ0v) is 23.4. The maximum absolute atomic E-state index is 13.4. The number of hydrogen-bond donors (Lipinski definition) is 2. The van der Waals surface area contributed by atoms with Gasteiger partial charge in [0.05, 0.1) is 24.2 Å². The summed E-state index contributed by atoms with van der Waals surface area (Å²) in [5.41, 5.74) is 2.79. The number of nitrogens with zero attached hydrogens (tertiary/aromatic N) is 2. The standard InChI is InChI=1S/C30H41ClN4O3/c1-30(2,22-31)29(37)33-25-8-9-27(26(21-25)28(36)32-12-15-34-16-18-38-19-17-34)35-13-10-24(11-14-35)20-23-6-4-3-5-7-23/h3-9,21,24H,10-20,22H2,1-2H3,(H,32,36)(H,33,37). The number of nitrogens with one attached hydrogen (secondary N) is 2. The second-order valence-corrected chi connectivity index (χ2v) is 11.3. The summed E-state index contributed by atoms with van der Waals surface area (Å²) in [6, 6.07) is 16.3. The molecule has 8 heteroatoms. The second-order valence-electron chi connectivity index (χ2n) is 11.0. The molecule has 0 bridgehead atoms. The normalized spacial score (nSPS) is 17.3. The predicted octanol–water partition coefficient (Wildman–Crippen LogP) is 4.41. The van der Waals surface area contributed by atoms with Gasteiger partial charge in [-0.1, -0.05) is 30.3 Å². The number of anilines is 2. The van der Waals surface area contributed by atoms with Gasteiger partial charge in [-0.15, -0.1) is 11.6 Å². The van der Waals surface area contributed by atoms with Gasteiger partial charge in [-0.25, -0.2) is 0 Å². The molecule has 2 N–H and O–H groups in total. The van der Waals surface area contributed by atoms with Crippen molar-refractivity contribution in [1.29, 1.82) is 0 Å². The molecule has 0 saturated carbocycles. The van der Waals surface area contributed by atoms with E-state index in [9.17, 15) is 9.59 Å². The smallest absolute Gasteiger partial charge is 0.253 e. The van der Waals surface area contributed by atoms with Gasteiger partial charge in [0.1, 0.15) is 0 Å². The Kier molecular flexibility index (Phi) is 10.1. The fraction of sp³-hybridized carbons (Fsp3) is 0.533. The lowest BCUT2D eigenvalue weighted by molar-refractivity contribution is -0.122. The van der Waals surface area contributed by atoms with Crippen molar-refractivity contribution in [2.45, 2.75) is 33.1 Å². The van der Waals surface area contributed by atoms with Crippen LogP contribution in [-0.2, 0) is 16.0 Å². The van der Waals surface area contributed by atoms with E-state index in [-0.39, 0.29) is 17.7 Å². The molecule has 0 atom stereocenters. The summed E-state index contributed by atoms with van der Waals surface area (Å²) in [6.07, 6.45) is 3.25. The van der Waals surface area contributed by atoms with E-state index in [4.69, 9.17) is 16.3 Å². The molecule has 2 aliphatic heterocycles. The van der Waals surface area contributed by atoms with Crippen molar-refractivity contribution in [3.63, 3.8) is 0 Å². The van der Waals surface area contributed by atoms with Gasteiger partial charge in [-0.2, -0.15) is 0 Å². The highest BCUT2D eigenvalue weighted by molar-refractivity contribution is 6.20. The van der Waals surface area contributed by atoms with Gasteiger partial charge in [-0.3, -0.25) is 14.5 Å². The summed E-state index contributed by atoms with van der Waals surface area (Å²) in [5.74, 6) is 0.563. The van der Waals surface area contributed by atoms with Crippen molar-refractivity contribution in [3.8, 4) is 0 Å². The molecule has 2 amide bonds. The van der Waals surface area contributed by atoms with E-state index in [2.05, 4.69) is 50.8 Å². The molecule has 4 rings (SSSR count). The molecule has 2 aromatic rings. The Labute approximate surface area is 231 Å². The second kappa shape index (κ2) is 13.5. The van der Waals surface area contributed by atoms with Crippen LogP contribution < -0.4 is 15.5 Å². The molecule has 206 valence electrons. The topological polar surface area (TPSA) is 73.9 Å². The highest BCUT2D eigenvalue weighted by atomic mass is 35.5. The average Bonchev–Trinajstić information content (AvgIpc) is 2.94. The maximum Gasteiger partial charge on any atom is 0.253 e. The maximum atomic E-state index is 13.4. The van der Waals surface area contributed by atoms with E-state index in [0.717, 1.165) is 70.9 Å². The van der Waals surface area contributed by atoms with Crippen LogP contribution in [0.2, 0.25) is 0 Å². The molecule has 38 heavy (non-hydrogen) atoms. The Bertz CT molecular complexity index is 1060. The fourth-order valence-electron chi connectivity index (χ4n) is 5.01. The molecule has 0 aliphatic carbocycles. The Hall–Kier alpha value is -2.61. The number of alkyl halides is 1. The lowest BCUT2D eigenvalue weighted by Crippen LogP contribution is -2.41. The Morgan fingerprint density at radius 3 is 2.42 bits per heavy atom. The molecule has 2 heterocycles. The van der Waals surface area contributed by atoms with Crippen LogP contribution in [0.15, 0.2) is 48.5 Å². The van der Waals surface area contributed by atoms with Crippen LogP contribution >= 0.6 is 11.6 Å². The number of ether oxygens (including phenoxy) is 1. The molecule has 0 aromatic heterocycles. The third-order valence-electron chi connectivity index (χ3n) is 7.59. The number of amides is 2. The zero-order valence-electron chi connectivity index (χ0n) is 22.7. The first-order chi connectivity index (χ1) is 18.4. The summed E-state index contributed by atoms with van der Waals surface area (Å²) in [7, 11) is 0. The third-order valence-corrected chi connectivity index (χ3v) is 8.26. The van der Waals surface area contributed by atoms with Gasteiger partial charge in [0.2, 0.25) is 5.91 Å². The number of carbonyl (C=O) groups is 2. The van der Waals surface area contributed by atoms with Gasteiger partial charge in [-0.05, 0) is 62.8 Å². The number of halogens is 1. The van der Waals surface area contributed by atoms with E-state index in [0.29, 0.717) is 23.7 Å². The first-order valence-corrected chi connectivity index (χ1v) is 14.3. The number of hydrogen-bond acceptors (Lipinski definition) is 5. The largest absolute Gasteiger partial charge is 0.379 e. The molecular weight excluding hydrogens is 500 g/mol. The first kappa shape index (κ1) is 28.4. The van der Waals surface area contributed by atoms with Crippen molar-refractivity contribution in [3.05, 3.63) is 59.7 Å². The van der Waals surface area contributed by atoms with Crippen LogP contribution in [0.1, 0.15) is 42.6 Å². The van der Waals surface area contributed by atoms with Crippen LogP contribution in [0.3, 0.4) is 0 Å². The van der Waals surface area contributed by atoms with Crippen molar-refractivity contribution in [1.82, 2.24) is 10.2 Å². The number of morpholine rings is 1. The van der Waals surface area contributed by atoms with Crippen molar-refractivity contribution in [2.75, 3.05) is 68.6 Å². The molecular formula is C30H41ClN4O3. The van der Waals surface area contributed by atoms with Crippen molar-refractivity contribution < 1.29 is 14.3 Å². The molecule has 2 fully saturated rings. The summed E-state index contributed by atoms with van der Waals surface area (Å²) in [4.78, 5) is 30.8. The van der Waals surface area contributed by atoms with E-state index >= 15 is 0 Å². The van der Waals surface area contributed by atoms with E-state index in [1.54, 1.807) is 6.07 Å². The van der Waals surface area contributed by atoms with Crippen LogP contribution in [-0.4, -0.2) is 75.1 Å². The lowest BCUT2D eigenvalue weighted by Gasteiger charge is -2.35. The minimum absolute atomic E-state index is 0.118. The number of carbonyl (C=O) groups excluding carboxylic acids is 2. The quantitative estimate of drug-likeness (QED) is 0.437. The molecule has 0 spiro atoms. The van der Waals surface area contributed by atoms with E-state index in [1.807, 2.05) is 26.0 Å².